The molecule has 19 heavy (non-hydrogen) atoms. The van der Waals surface area contributed by atoms with Gasteiger partial charge in [0.05, 0.1) is 19.0 Å². The third-order valence-electron chi connectivity index (χ3n) is 2.81. The first-order valence-corrected chi connectivity index (χ1v) is 6.56. The molecule has 2 aromatic rings. The van der Waals surface area contributed by atoms with Crippen LogP contribution in [0.4, 0.5) is 5.69 Å². The van der Waals surface area contributed by atoms with Crippen LogP contribution in [0.15, 0.2) is 42.6 Å². The van der Waals surface area contributed by atoms with Crippen molar-refractivity contribution in [3.63, 3.8) is 0 Å². The summed E-state index contributed by atoms with van der Waals surface area (Å²) in [4.78, 5) is 4.17. The summed E-state index contributed by atoms with van der Waals surface area (Å²) < 4.78 is 5.03. The number of nitrogens with one attached hydrogen (secondary N) is 1. The molecule has 0 spiro atoms. The number of methoxy groups -OCH3 is 1. The van der Waals surface area contributed by atoms with Crippen LogP contribution >= 0.6 is 11.6 Å². The van der Waals surface area contributed by atoms with Crippen molar-refractivity contribution in [2.24, 2.45) is 0 Å². The maximum Gasteiger partial charge on any atom is 0.213 e. The lowest BCUT2D eigenvalue weighted by atomic mass is 10.1. The molecule has 100 valence electrons. The Bertz CT molecular complexity index is 511. The first-order valence-electron chi connectivity index (χ1n) is 6.18. The molecular formula is C15H17ClN2O. The topological polar surface area (TPSA) is 34.1 Å². The van der Waals surface area contributed by atoms with Crippen LogP contribution in [0.2, 0.25) is 5.02 Å². The van der Waals surface area contributed by atoms with Crippen LogP contribution < -0.4 is 10.1 Å². The predicted octanol–water partition coefficient (Wildman–Crippen LogP) is 3.79. The molecule has 1 heterocycles. The summed E-state index contributed by atoms with van der Waals surface area (Å²) in [6.07, 6.45) is 2.71. The van der Waals surface area contributed by atoms with E-state index in [1.54, 1.807) is 13.3 Å². The molecule has 1 aromatic carbocycles. The Morgan fingerprint density at radius 2 is 1.95 bits per heavy atom. The number of pyridine rings is 1. The first kappa shape index (κ1) is 13.7. The molecule has 4 heteroatoms. The van der Waals surface area contributed by atoms with Crippen LogP contribution in [-0.4, -0.2) is 18.1 Å². The zero-order valence-electron chi connectivity index (χ0n) is 11.1. The fourth-order valence-corrected chi connectivity index (χ4v) is 2.02. The Kier molecular flexibility index (Phi) is 4.63. The summed E-state index contributed by atoms with van der Waals surface area (Å²) in [5.41, 5.74) is 2.24. The highest BCUT2D eigenvalue weighted by atomic mass is 35.5. The summed E-state index contributed by atoms with van der Waals surface area (Å²) in [7, 11) is 1.61. The molecule has 1 atom stereocenters. The van der Waals surface area contributed by atoms with Gasteiger partial charge in [0, 0.05) is 17.1 Å². The van der Waals surface area contributed by atoms with E-state index in [4.69, 9.17) is 16.3 Å². The lowest BCUT2D eigenvalue weighted by Gasteiger charge is -2.15. The molecule has 1 unspecified atom stereocenters. The van der Waals surface area contributed by atoms with Gasteiger partial charge in [-0.3, -0.25) is 0 Å². The van der Waals surface area contributed by atoms with E-state index >= 15 is 0 Å². The van der Waals surface area contributed by atoms with Crippen molar-refractivity contribution in [3.05, 3.63) is 53.2 Å². The Morgan fingerprint density at radius 3 is 2.53 bits per heavy atom. The smallest absolute Gasteiger partial charge is 0.213 e. The molecule has 0 radical (unpaired) electrons. The highest BCUT2D eigenvalue weighted by Gasteiger charge is 2.04. The van der Waals surface area contributed by atoms with Crippen molar-refractivity contribution in [2.75, 3.05) is 12.4 Å². The van der Waals surface area contributed by atoms with Gasteiger partial charge in [0.25, 0.3) is 0 Å². The highest BCUT2D eigenvalue weighted by Crippen LogP contribution is 2.15. The van der Waals surface area contributed by atoms with Crippen molar-refractivity contribution in [1.29, 1.82) is 0 Å². The maximum atomic E-state index is 5.87. The Labute approximate surface area is 118 Å². The molecule has 1 aromatic heterocycles. The van der Waals surface area contributed by atoms with E-state index in [-0.39, 0.29) is 0 Å². The van der Waals surface area contributed by atoms with Crippen molar-refractivity contribution in [3.8, 4) is 5.88 Å². The lowest BCUT2D eigenvalue weighted by Crippen LogP contribution is -2.18. The van der Waals surface area contributed by atoms with Gasteiger partial charge in [0.15, 0.2) is 0 Å². The summed E-state index contributed by atoms with van der Waals surface area (Å²) in [5.74, 6) is 0.621. The number of aromatic nitrogens is 1. The second-order valence-corrected chi connectivity index (χ2v) is 4.90. The maximum absolute atomic E-state index is 5.87. The molecule has 0 saturated heterocycles. The van der Waals surface area contributed by atoms with E-state index < -0.39 is 0 Å². The van der Waals surface area contributed by atoms with Gasteiger partial charge in [-0.05, 0) is 37.1 Å². The van der Waals surface area contributed by atoms with Gasteiger partial charge in [0.2, 0.25) is 5.88 Å². The molecule has 0 saturated carbocycles. The first-order chi connectivity index (χ1) is 9.17. The van der Waals surface area contributed by atoms with E-state index in [0.717, 1.165) is 17.1 Å². The van der Waals surface area contributed by atoms with Crippen molar-refractivity contribution >= 4 is 17.3 Å². The largest absolute Gasteiger partial charge is 0.481 e. The van der Waals surface area contributed by atoms with Gasteiger partial charge < -0.3 is 10.1 Å². The number of ether oxygens (including phenoxy) is 1. The third-order valence-corrected chi connectivity index (χ3v) is 3.07. The van der Waals surface area contributed by atoms with Gasteiger partial charge in [-0.15, -0.1) is 0 Å². The van der Waals surface area contributed by atoms with E-state index in [0.29, 0.717) is 11.9 Å². The number of rotatable bonds is 5. The predicted molar refractivity (Wildman–Crippen MR) is 79.0 cm³/mol. The number of nitrogens with zero attached hydrogens (tertiary/aromatic N) is 1. The summed E-state index contributed by atoms with van der Waals surface area (Å²) in [6, 6.07) is 12.1. The van der Waals surface area contributed by atoms with E-state index in [2.05, 4.69) is 17.2 Å². The van der Waals surface area contributed by atoms with Gasteiger partial charge in [-0.2, -0.15) is 0 Å². The van der Waals surface area contributed by atoms with Crippen molar-refractivity contribution < 1.29 is 4.74 Å². The SMILES string of the molecule is COc1ccc(NC(C)Cc2ccc(Cl)cc2)cn1. The molecule has 0 aliphatic rings. The van der Waals surface area contributed by atoms with Gasteiger partial charge >= 0.3 is 0 Å². The van der Waals surface area contributed by atoms with E-state index in [9.17, 15) is 0 Å². The van der Waals surface area contributed by atoms with E-state index in [1.165, 1.54) is 5.56 Å². The normalized spacial score (nSPS) is 11.9. The van der Waals surface area contributed by atoms with Gasteiger partial charge in [-0.1, -0.05) is 23.7 Å². The molecule has 0 aliphatic heterocycles. The summed E-state index contributed by atoms with van der Waals surface area (Å²) in [6.45, 7) is 2.14. The third kappa shape index (κ3) is 4.14. The second kappa shape index (κ2) is 6.43. The van der Waals surface area contributed by atoms with Crippen LogP contribution in [0.3, 0.4) is 0 Å². The zero-order chi connectivity index (χ0) is 13.7. The Hall–Kier alpha value is -1.74. The van der Waals surface area contributed by atoms with Crippen LogP contribution in [0.5, 0.6) is 5.88 Å². The zero-order valence-corrected chi connectivity index (χ0v) is 11.8. The van der Waals surface area contributed by atoms with Crippen LogP contribution in [0.25, 0.3) is 0 Å². The molecule has 0 amide bonds. The van der Waals surface area contributed by atoms with Crippen LogP contribution in [0, 0.1) is 0 Å². The lowest BCUT2D eigenvalue weighted by molar-refractivity contribution is 0.398. The summed E-state index contributed by atoms with van der Waals surface area (Å²) in [5, 5.41) is 4.17. The minimum atomic E-state index is 0.316. The molecule has 3 nitrogen and oxygen atoms in total. The van der Waals surface area contributed by atoms with E-state index in [1.807, 2.05) is 36.4 Å². The minimum Gasteiger partial charge on any atom is -0.481 e. The highest BCUT2D eigenvalue weighted by molar-refractivity contribution is 6.30. The fraction of sp³-hybridized carbons (Fsp3) is 0.267. The number of anilines is 1. The van der Waals surface area contributed by atoms with Gasteiger partial charge in [0.1, 0.15) is 0 Å². The molecule has 0 bridgehead atoms. The summed E-state index contributed by atoms with van der Waals surface area (Å²) >= 11 is 5.87. The fourth-order valence-electron chi connectivity index (χ4n) is 1.90. The standard InChI is InChI=1S/C15H17ClN2O/c1-11(9-12-3-5-13(16)6-4-12)18-14-7-8-15(19-2)17-10-14/h3-8,10-11,18H,9H2,1-2H3. The van der Waals surface area contributed by atoms with Crippen molar-refractivity contribution in [2.45, 2.75) is 19.4 Å². The molecule has 0 fully saturated rings. The van der Waals surface area contributed by atoms with Crippen LogP contribution in [0.1, 0.15) is 12.5 Å². The second-order valence-electron chi connectivity index (χ2n) is 4.47. The number of benzene rings is 1. The van der Waals surface area contributed by atoms with Gasteiger partial charge in [-0.25, -0.2) is 4.98 Å². The minimum absolute atomic E-state index is 0.316. The quantitative estimate of drug-likeness (QED) is 0.902. The van der Waals surface area contributed by atoms with Crippen molar-refractivity contribution in [1.82, 2.24) is 4.98 Å². The average Bonchev–Trinajstić information content (AvgIpc) is 2.42. The number of hydrogen-bond acceptors (Lipinski definition) is 3. The Balaban J connectivity index is 1.92. The molecule has 1 N–H and O–H groups in total. The molecule has 2 rings (SSSR count). The van der Waals surface area contributed by atoms with Crippen LogP contribution in [-0.2, 0) is 6.42 Å². The molecular weight excluding hydrogens is 260 g/mol. The average molecular weight is 277 g/mol. The number of halogens is 1. The molecule has 0 aliphatic carbocycles. The monoisotopic (exact) mass is 276 g/mol. The number of hydrogen-bond donors (Lipinski definition) is 1. The Morgan fingerprint density at radius 1 is 1.21 bits per heavy atom.